The van der Waals surface area contributed by atoms with Crippen LogP contribution in [0.1, 0.15) is 31.0 Å². The van der Waals surface area contributed by atoms with Gasteiger partial charge in [-0.2, -0.15) is 0 Å². The number of aryl methyl sites for hydroxylation is 1. The number of likely N-dealkylation sites (tertiary alicyclic amines) is 1. The summed E-state index contributed by atoms with van der Waals surface area (Å²) in [6.07, 6.45) is 3.87. The molecule has 1 aromatic carbocycles. The number of aromatic amines is 1. The van der Waals surface area contributed by atoms with E-state index in [-0.39, 0.29) is 0 Å². The molecule has 0 spiro atoms. The van der Waals surface area contributed by atoms with Gasteiger partial charge < -0.3 is 4.98 Å². The van der Waals surface area contributed by atoms with Crippen molar-refractivity contribution in [1.29, 1.82) is 0 Å². The Morgan fingerprint density at radius 3 is 2.95 bits per heavy atom. The highest BCUT2D eigenvalue weighted by molar-refractivity contribution is 6.03. The molecule has 0 amide bonds. The Balaban J connectivity index is 1.98. The standard InChI is InChI=1S/C18H22N2O/c1-3-9-20-10-8-18(21)14(12-20)11-16-13(2)19-17-7-5-4-6-15(16)17/h4-7,11,19H,3,8-10,12H2,1-2H3/b14-11+. The normalized spacial score (nSPS) is 18.8. The van der Waals surface area contributed by atoms with E-state index in [0.717, 1.165) is 48.4 Å². The van der Waals surface area contributed by atoms with Crippen LogP contribution in [0.5, 0.6) is 0 Å². The second kappa shape index (κ2) is 5.86. The molecule has 0 bridgehead atoms. The van der Waals surface area contributed by atoms with E-state index in [9.17, 15) is 4.79 Å². The Hall–Kier alpha value is -1.87. The Bertz CT molecular complexity index is 696. The number of hydrogen-bond acceptors (Lipinski definition) is 2. The first kappa shape index (κ1) is 14.1. The number of benzene rings is 1. The molecule has 0 radical (unpaired) electrons. The molecule has 0 aliphatic carbocycles. The number of nitrogens with one attached hydrogen (secondary N) is 1. The molecular weight excluding hydrogens is 260 g/mol. The topological polar surface area (TPSA) is 36.1 Å². The summed E-state index contributed by atoms with van der Waals surface area (Å²) in [6, 6.07) is 8.27. The van der Waals surface area contributed by atoms with Crippen LogP contribution in [0.25, 0.3) is 17.0 Å². The Morgan fingerprint density at radius 2 is 2.14 bits per heavy atom. The van der Waals surface area contributed by atoms with Gasteiger partial charge in [-0.05, 0) is 32.0 Å². The minimum Gasteiger partial charge on any atom is -0.358 e. The average molecular weight is 282 g/mol. The fourth-order valence-electron chi connectivity index (χ4n) is 3.12. The molecule has 3 heteroatoms. The van der Waals surface area contributed by atoms with Gasteiger partial charge in [0.15, 0.2) is 5.78 Å². The number of rotatable bonds is 3. The smallest absolute Gasteiger partial charge is 0.161 e. The Kier molecular flexibility index (Phi) is 3.93. The number of Topliss-reactive ketones (excluding diaryl/α,β-unsaturated/α-hetero) is 1. The summed E-state index contributed by atoms with van der Waals surface area (Å²) < 4.78 is 0. The van der Waals surface area contributed by atoms with Gasteiger partial charge in [-0.25, -0.2) is 0 Å². The largest absolute Gasteiger partial charge is 0.358 e. The first-order valence-electron chi connectivity index (χ1n) is 7.72. The Labute approximate surface area is 125 Å². The van der Waals surface area contributed by atoms with Crippen LogP contribution in [0.2, 0.25) is 0 Å². The van der Waals surface area contributed by atoms with Crippen LogP contribution in [0.15, 0.2) is 29.8 Å². The maximum Gasteiger partial charge on any atom is 0.161 e. The van der Waals surface area contributed by atoms with Crippen molar-refractivity contribution in [2.24, 2.45) is 0 Å². The second-order valence-electron chi connectivity index (χ2n) is 5.83. The van der Waals surface area contributed by atoms with Crippen molar-refractivity contribution in [2.75, 3.05) is 19.6 Å². The molecule has 3 rings (SSSR count). The lowest BCUT2D eigenvalue weighted by Gasteiger charge is -2.27. The van der Waals surface area contributed by atoms with E-state index in [1.807, 2.05) is 12.1 Å². The average Bonchev–Trinajstić information content (AvgIpc) is 2.79. The highest BCUT2D eigenvalue weighted by atomic mass is 16.1. The van der Waals surface area contributed by atoms with Gasteiger partial charge in [-0.15, -0.1) is 0 Å². The van der Waals surface area contributed by atoms with Crippen molar-refractivity contribution >= 4 is 22.8 Å². The predicted molar refractivity (Wildman–Crippen MR) is 87.4 cm³/mol. The lowest BCUT2D eigenvalue weighted by molar-refractivity contribution is -0.117. The lowest BCUT2D eigenvalue weighted by atomic mass is 9.99. The lowest BCUT2D eigenvalue weighted by Crippen LogP contribution is -2.36. The molecular formula is C18H22N2O. The van der Waals surface area contributed by atoms with Crippen LogP contribution in [-0.4, -0.2) is 35.3 Å². The van der Waals surface area contributed by atoms with Gasteiger partial charge in [0.1, 0.15) is 0 Å². The molecule has 3 nitrogen and oxygen atoms in total. The van der Waals surface area contributed by atoms with E-state index in [4.69, 9.17) is 0 Å². The van der Waals surface area contributed by atoms with Crippen molar-refractivity contribution in [3.05, 3.63) is 41.1 Å². The van der Waals surface area contributed by atoms with Gasteiger partial charge in [0.2, 0.25) is 0 Å². The zero-order chi connectivity index (χ0) is 14.8. The number of aromatic nitrogens is 1. The third-order valence-electron chi connectivity index (χ3n) is 4.21. The third kappa shape index (κ3) is 2.79. The summed E-state index contributed by atoms with van der Waals surface area (Å²) >= 11 is 0. The van der Waals surface area contributed by atoms with Crippen molar-refractivity contribution in [3.8, 4) is 0 Å². The molecule has 0 saturated carbocycles. The predicted octanol–water partition coefficient (Wildman–Crippen LogP) is 3.54. The summed E-state index contributed by atoms with van der Waals surface area (Å²) in [5, 5.41) is 1.20. The second-order valence-corrected chi connectivity index (χ2v) is 5.83. The van der Waals surface area contributed by atoms with Crippen LogP contribution >= 0.6 is 0 Å². The molecule has 0 atom stereocenters. The van der Waals surface area contributed by atoms with Crippen molar-refractivity contribution < 1.29 is 4.79 Å². The summed E-state index contributed by atoms with van der Waals surface area (Å²) in [6.45, 7) is 7.01. The minimum absolute atomic E-state index is 0.298. The molecule has 21 heavy (non-hydrogen) atoms. The molecule has 1 N–H and O–H groups in total. The van der Waals surface area contributed by atoms with Crippen LogP contribution in [-0.2, 0) is 4.79 Å². The molecule has 2 heterocycles. The molecule has 2 aromatic rings. The number of carbonyl (C=O) groups excluding carboxylic acids is 1. The van der Waals surface area contributed by atoms with E-state index in [1.165, 1.54) is 5.39 Å². The van der Waals surface area contributed by atoms with Gasteiger partial charge in [0.25, 0.3) is 0 Å². The van der Waals surface area contributed by atoms with Gasteiger partial charge in [0.05, 0.1) is 0 Å². The van der Waals surface area contributed by atoms with Crippen LogP contribution in [0, 0.1) is 6.92 Å². The summed E-state index contributed by atoms with van der Waals surface area (Å²) in [4.78, 5) is 18.0. The SMILES string of the molecule is CCCN1CCC(=O)/C(=C/c2c(C)[nH]c3ccccc23)C1. The Morgan fingerprint density at radius 1 is 1.33 bits per heavy atom. The van der Waals surface area contributed by atoms with Gasteiger partial charge in [-0.1, -0.05) is 25.1 Å². The number of H-pyrrole nitrogens is 1. The number of hydrogen-bond donors (Lipinski definition) is 1. The maximum atomic E-state index is 12.2. The first-order valence-corrected chi connectivity index (χ1v) is 7.72. The minimum atomic E-state index is 0.298. The molecule has 1 aromatic heterocycles. The molecule has 1 aliphatic rings. The zero-order valence-corrected chi connectivity index (χ0v) is 12.8. The van der Waals surface area contributed by atoms with Gasteiger partial charge in [-0.3, -0.25) is 9.69 Å². The van der Waals surface area contributed by atoms with Crippen molar-refractivity contribution in [2.45, 2.75) is 26.7 Å². The molecule has 1 fully saturated rings. The van der Waals surface area contributed by atoms with Gasteiger partial charge in [0, 0.05) is 47.2 Å². The van der Waals surface area contributed by atoms with E-state index >= 15 is 0 Å². The summed E-state index contributed by atoms with van der Waals surface area (Å²) in [5.74, 6) is 0.298. The highest BCUT2D eigenvalue weighted by Crippen LogP contribution is 2.25. The number of nitrogens with zero attached hydrogens (tertiary/aromatic N) is 1. The van der Waals surface area contributed by atoms with E-state index < -0.39 is 0 Å². The van der Waals surface area contributed by atoms with Gasteiger partial charge >= 0.3 is 0 Å². The number of ketones is 1. The number of para-hydroxylation sites is 1. The number of piperidine rings is 1. The number of fused-ring (bicyclic) bond motifs is 1. The fraction of sp³-hybridized carbons (Fsp3) is 0.389. The summed E-state index contributed by atoms with van der Waals surface area (Å²) in [5.41, 5.74) is 4.37. The van der Waals surface area contributed by atoms with Crippen LogP contribution in [0.4, 0.5) is 0 Å². The highest BCUT2D eigenvalue weighted by Gasteiger charge is 2.21. The van der Waals surface area contributed by atoms with Crippen molar-refractivity contribution in [1.82, 2.24) is 9.88 Å². The summed E-state index contributed by atoms with van der Waals surface area (Å²) in [7, 11) is 0. The van der Waals surface area contributed by atoms with E-state index in [0.29, 0.717) is 12.2 Å². The monoisotopic (exact) mass is 282 g/mol. The number of carbonyl (C=O) groups is 1. The van der Waals surface area contributed by atoms with Crippen molar-refractivity contribution in [3.63, 3.8) is 0 Å². The van der Waals surface area contributed by atoms with Crippen LogP contribution in [0.3, 0.4) is 0 Å². The van der Waals surface area contributed by atoms with E-state index in [1.54, 1.807) is 0 Å². The third-order valence-corrected chi connectivity index (χ3v) is 4.21. The maximum absolute atomic E-state index is 12.2. The zero-order valence-electron chi connectivity index (χ0n) is 12.8. The van der Waals surface area contributed by atoms with Crippen LogP contribution < -0.4 is 0 Å². The molecule has 0 unspecified atom stereocenters. The molecule has 1 aliphatic heterocycles. The molecule has 1 saturated heterocycles. The fourth-order valence-corrected chi connectivity index (χ4v) is 3.12. The first-order chi connectivity index (χ1) is 10.2. The van der Waals surface area contributed by atoms with E-state index in [2.05, 4.69) is 41.9 Å². The quantitative estimate of drug-likeness (QED) is 0.874. The molecule has 110 valence electrons.